The van der Waals surface area contributed by atoms with Crippen molar-refractivity contribution < 1.29 is 23.0 Å². The number of hydrogen-bond donors (Lipinski definition) is 0. The van der Waals surface area contributed by atoms with Crippen LogP contribution >= 0.6 is 0 Å². The van der Waals surface area contributed by atoms with Gasteiger partial charge in [0.15, 0.2) is 23.1 Å². The number of halogens is 2. The molecule has 0 amide bonds. The molecule has 2 atom stereocenters. The molecular formula is C24H20F2N2O3. The molecule has 0 aromatic heterocycles. The molecule has 0 saturated carbocycles. The highest BCUT2D eigenvalue weighted by atomic mass is 19.2. The van der Waals surface area contributed by atoms with Crippen LogP contribution in [0, 0.1) is 11.6 Å². The molecule has 0 N–H and O–H groups in total. The molecule has 0 aliphatic carbocycles. The molecule has 2 aliphatic rings. The van der Waals surface area contributed by atoms with Crippen LogP contribution in [0.4, 0.5) is 8.78 Å². The van der Waals surface area contributed by atoms with Gasteiger partial charge in [0.25, 0.3) is 0 Å². The number of para-hydroxylation sites is 1. The van der Waals surface area contributed by atoms with Gasteiger partial charge in [0.05, 0.1) is 26.0 Å². The summed E-state index contributed by atoms with van der Waals surface area (Å²) < 4.78 is 44.6. The summed E-state index contributed by atoms with van der Waals surface area (Å²) in [6, 6.07) is 17.0. The van der Waals surface area contributed by atoms with Crippen LogP contribution in [0.2, 0.25) is 0 Å². The fraction of sp³-hybridized carbons (Fsp3) is 0.208. The molecule has 2 aliphatic heterocycles. The first-order valence-corrected chi connectivity index (χ1v) is 9.88. The van der Waals surface area contributed by atoms with Crippen LogP contribution in [-0.4, -0.2) is 24.9 Å². The number of hydrazone groups is 1. The Morgan fingerprint density at radius 2 is 1.77 bits per heavy atom. The van der Waals surface area contributed by atoms with Crippen molar-refractivity contribution >= 4 is 5.71 Å². The molecular weight excluding hydrogens is 402 g/mol. The third-order valence-electron chi connectivity index (χ3n) is 5.65. The monoisotopic (exact) mass is 422 g/mol. The van der Waals surface area contributed by atoms with Crippen molar-refractivity contribution in [3.05, 3.63) is 89.0 Å². The van der Waals surface area contributed by atoms with Crippen molar-refractivity contribution in [2.24, 2.45) is 5.10 Å². The van der Waals surface area contributed by atoms with Gasteiger partial charge in [-0.3, -0.25) is 0 Å². The van der Waals surface area contributed by atoms with Crippen LogP contribution in [0.25, 0.3) is 0 Å². The second-order valence-corrected chi connectivity index (χ2v) is 7.40. The molecule has 0 spiro atoms. The standard InChI is InChI=1S/C24H20F2N2O3/c1-29-16-9-6-14(7-10-16)20-13-21-17-4-3-5-22(30-2)23(17)31-24(28(21)27-20)15-8-11-18(25)19(26)12-15/h3-12,21,24H,13H2,1-2H3/t21-,24-/m0/s1. The third kappa shape index (κ3) is 3.26. The number of ether oxygens (including phenoxy) is 3. The summed E-state index contributed by atoms with van der Waals surface area (Å²) in [6.45, 7) is 0. The molecule has 3 aromatic carbocycles. The molecule has 0 fully saturated rings. The van der Waals surface area contributed by atoms with Gasteiger partial charge >= 0.3 is 0 Å². The van der Waals surface area contributed by atoms with E-state index in [4.69, 9.17) is 19.3 Å². The van der Waals surface area contributed by atoms with Gasteiger partial charge in [0, 0.05) is 17.5 Å². The molecule has 0 unspecified atom stereocenters. The first kappa shape index (κ1) is 19.4. The SMILES string of the molecule is COc1ccc(C2=NN3[C@@H](C2)c2cccc(OC)c2O[C@H]3c2ccc(F)c(F)c2)cc1. The summed E-state index contributed by atoms with van der Waals surface area (Å²) in [5.41, 5.74) is 3.24. The van der Waals surface area contributed by atoms with Crippen molar-refractivity contribution in [1.82, 2.24) is 5.01 Å². The average molecular weight is 422 g/mol. The Hall–Kier alpha value is -3.61. The summed E-state index contributed by atoms with van der Waals surface area (Å²) >= 11 is 0. The highest BCUT2D eigenvalue weighted by Gasteiger charge is 2.42. The van der Waals surface area contributed by atoms with E-state index in [1.165, 1.54) is 6.07 Å². The predicted molar refractivity (Wildman–Crippen MR) is 111 cm³/mol. The zero-order chi connectivity index (χ0) is 21.5. The number of methoxy groups -OCH3 is 2. The number of nitrogens with zero attached hydrogens (tertiary/aromatic N) is 2. The number of benzene rings is 3. The quantitative estimate of drug-likeness (QED) is 0.578. The Morgan fingerprint density at radius 3 is 2.48 bits per heavy atom. The fourth-order valence-electron chi connectivity index (χ4n) is 4.09. The van der Waals surface area contributed by atoms with Gasteiger partial charge in [-0.05, 0) is 48.0 Å². The number of fused-ring (bicyclic) bond motifs is 3. The Labute approximate surface area is 178 Å². The molecule has 2 heterocycles. The van der Waals surface area contributed by atoms with Crippen molar-refractivity contribution in [3.8, 4) is 17.2 Å². The van der Waals surface area contributed by atoms with Crippen LogP contribution in [0.5, 0.6) is 17.2 Å². The lowest BCUT2D eigenvalue weighted by Gasteiger charge is -2.38. The highest BCUT2D eigenvalue weighted by molar-refractivity contribution is 6.02. The summed E-state index contributed by atoms with van der Waals surface area (Å²) in [6.07, 6.45) is -0.0876. The predicted octanol–water partition coefficient (Wildman–Crippen LogP) is 5.22. The normalized spacial score (nSPS) is 19.2. The zero-order valence-electron chi connectivity index (χ0n) is 17.0. The lowest BCUT2D eigenvalue weighted by atomic mass is 9.95. The van der Waals surface area contributed by atoms with E-state index in [0.717, 1.165) is 34.7 Å². The van der Waals surface area contributed by atoms with Gasteiger partial charge in [-0.15, -0.1) is 0 Å². The largest absolute Gasteiger partial charge is 0.497 e. The molecule has 31 heavy (non-hydrogen) atoms. The molecule has 5 rings (SSSR count). The van der Waals surface area contributed by atoms with Crippen LogP contribution in [-0.2, 0) is 0 Å². The molecule has 5 nitrogen and oxygen atoms in total. The van der Waals surface area contributed by atoms with Crippen LogP contribution in [0.15, 0.2) is 65.8 Å². The summed E-state index contributed by atoms with van der Waals surface area (Å²) in [5.74, 6) is 0.105. The number of rotatable bonds is 4. The van der Waals surface area contributed by atoms with Crippen LogP contribution in [0.1, 0.15) is 35.4 Å². The van der Waals surface area contributed by atoms with Crippen molar-refractivity contribution in [1.29, 1.82) is 0 Å². The second-order valence-electron chi connectivity index (χ2n) is 7.40. The maximum Gasteiger partial charge on any atom is 0.214 e. The van der Waals surface area contributed by atoms with E-state index in [0.29, 0.717) is 23.5 Å². The average Bonchev–Trinajstić information content (AvgIpc) is 3.26. The van der Waals surface area contributed by atoms with Crippen LogP contribution in [0.3, 0.4) is 0 Å². The lowest BCUT2D eigenvalue weighted by Crippen LogP contribution is -2.34. The summed E-state index contributed by atoms with van der Waals surface area (Å²) in [5, 5.41) is 6.64. The van der Waals surface area contributed by atoms with Gasteiger partial charge in [-0.25, -0.2) is 13.8 Å². The van der Waals surface area contributed by atoms with Crippen molar-refractivity contribution in [2.45, 2.75) is 18.7 Å². The fourth-order valence-corrected chi connectivity index (χ4v) is 4.09. The van der Waals surface area contributed by atoms with Crippen LogP contribution < -0.4 is 14.2 Å². The molecule has 0 saturated heterocycles. The van der Waals surface area contributed by atoms with Gasteiger partial charge in [-0.2, -0.15) is 5.10 Å². The van der Waals surface area contributed by atoms with Gasteiger partial charge in [0.1, 0.15) is 5.75 Å². The Bertz CT molecular complexity index is 1160. The molecule has 7 heteroatoms. The smallest absolute Gasteiger partial charge is 0.214 e. The second kappa shape index (κ2) is 7.58. The highest BCUT2D eigenvalue weighted by Crippen LogP contribution is 2.50. The third-order valence-corrected chi connectivity index (χ3v) is 5.65. The summed E-state index contributed by atoms with van der Waals surface area (Å²) in [7, 11) is 3.20. The van der Waals surface area contributed by atoms with E-state index >= 15 is 0 Å². The molecule has 0 bridgehead atoms. The van der Waals surface area contributed by atoms with E-state index in [1.54, 1.807) is 14.2 Å². The van der Waals surface area contributed by atoms with Crippen molar-refractivity contribution in [2.75, 3.05) is 14.2 Å². The first-order valence-electron chi connectivity index (χ1n) is 9.88. The Morgan fingerprint density at radius 1 is 0.968 bits per heavy atom. The van der Waals surface area contributed by atoms with E-state index in [1.807, 2.05) is 47.5 Å². The maximum absolute atomic E-state index is 14.0. The minimum atomic E-state index is -0.929. The minimum absolute atomic E-state index is 0.130. The first-order chi connectivity index (χ1) is 15.1. The van der Waals surface area contributed by atoms with Crippen molar-refractivity contribution in [3.63, 3.8) is 0 Å². The van der Waals surface area contributed by atoms with E-state index in [9.17, 15) is 8.78 Å². The molecule has 3 aromatic rings. The molecule has 158 valence electrons. The van der Waals surface area contributed by atoms with Gasteiger partial charge in [0.2, 0.25) is 6.23 Å². The lowest BCUT2D eigenvalue weighted by molar-refractivity contribution is -0.0211. The minimum Gasteiger partial charge on any atom is -0.497 e. The van der Waals surface area contributed by atoms with E-state index in [-0.39, 0.29) is 6.04 Å². The van der Waals surface area contributed by atoms with E-state index < -0.39 is 17.9 Å². The van der Waals surface area contributed by atoms with Gasteiger partial charge < -0.3 is 14.2 Å². The molecule has 0 radical (unpaired) electrons. The Kier molecular flexibility index (Phi) is 4.73. The van der Waals surface area contributed by atoms with E-state index in [2.05, 4.69) is 0 Å². The number of hydrogen-bond acceptors (Lipinski definition) is 5. The topological polar surface area (TPSA) is 43.3 Å². The maximum atomic E-state index is 14.0. The zero-order valence-corrected chi connectivity index (χ0v) is 17.0. The summed E-state index contributed by atoms with van der Waals surface area (Å²) in [4.78, 5) is 0. The van der Waals surface area contributed by atoms with Gasteiger partial charge in [-0.1, -0.05) is 18.2 Å². The Balaban J connectivity index is 1.60.